The number of hydrogen-bond donors (Lipinski definition) is 2. The number of nitrogens with one attached hydrogen (secondary N) is 1. The van der Waals surface area contributed by atoms with E-state index < -0.39 is 35.9 Å². The predicted molar refractivity (Wildman–Crippen MR) is 108 cm³/mol. The minimum absolute atomic E-state index is 0.00347. The molecule has 3 rings (SSSR count). The number of ether oxygens (including phenoxy) is 2. The van der Waals surface area contributed by atoms with Gasteiger partial charge in [-0.1, -0.05) is 30.3 Å². The first-order valence-electron chi connectivity index (χ1n) is 10.3. The molecule has 1 saturated carbocycles. The van der Waals surface area contributed by atoms with E-state index in [0.29, 0.717) is 0 Å². The maximum Gasteiger partial charge on any atom is 0.408 e. The Hall–Kier alpha value is -2.61. The van der Waals surface area contributed by atoms with Crippen LogP contribution in [0, 0.1) is 5.92 Å². The molecule has 30 heavy (non-hydrogen) atoms. The molecule has 3 atom stereocenters. The van der Waals surface area contributed by atoms with E-state index in [1.54, 1.807) is 20.8 Å². The lowest BCUT2D eigenvalue weighted by atomic mass is 10.1. The van der Waals surface area contributed by atoms with Crippen LogP contribution >= 0.6 is 0 Å². The number of aliphatic hydroxyl groups is 1. The van der Waals surface area contributed by atoms with Gasteiger partial charge >= 0.3 is 12.1 Å². The molecule has 1 heterocycles. The highest BCUT2D eigenvalue weighted by atomic mass is 16.6. The second-order valence-electron chi connectivity index (χ2n) is 8.95. The molecule has 1 aromatic rings. The van der Waals surface area contributed by atoms with Crippen LogP contribution in [0.15, 0.2) is 30.3 Å². The summed E-state index contributed by atoms with van der Waals surface area (Å²) in [5.74, 6) is -0.944. The molecule has 2 fully saturated rings. The molecule has 8 nitrogen and oxygen atoms in total. The van der Waals surface area contributed by atoms with Crippen LogP contribution in [-0.2, 0) is 25.7 Å². The Morgan fingerprint density at radius 3 is 2.47 bits per heavy atom. The molecule has 8 heteroatoms. The number of likely N-dealkylation sites (tertiary alicyclic amines) is 1. The van der Waals surface area contributed by atoms with Crippen molar-refractivity contribution in [2.24, 2.45) is 5.92 Å². The number of β-amino-alcohol motifs (C(OH)–C–C–N with tert-alkyl or cyclic N) is 1. The van der Waals surface area contributed by atoms with E-state index >= 15 is 0 Å². The number of aliphatic hydroxyl groups excluding tert-OH is 1. The van der Waals surface area contributed by atoms with Crippen LogP contribution < -0.4 is 5.32 Å². The molecule has 0 unspecified atom stereocenters. The lowest BCUT2D eigenvalue weighted by molar-refractivity contribution is -0.155. The summed E-state index contributed by atoms with van der Waals surface area (Å²) in [4.78, 5) is 39.4. The Bertz CT molecular complexity index is 772. The molecule has 1 aliphatic heterocycles. The van der Waals surface area contributed by atoms with Gasteiger partial charge in [-0.3, -0.25) is 4.79 Å². The molecule has 2 aliphatic rings. The third kappa shape index (κ3) is 5.95. The maximum absolute atomic E-state index is 13.2. The fourth-order valence-electron chi connectivity index (χ4n) is 3.53. The van der Waals surface area contributed by atoms with Crippen LogP contribution in [0.5, 0.6) is 0 Å². The summed E-state index contributed by atoms with van der Waals surface area (Å²) in [5.41, 5.74) is 0.152. The van der Waals surface area contributed by atoms with Gasteiger partial charge in [0, 0.05) is 13.0 Å². The number of rotatable bonds is 6. The van der Waals surface area contributed by atoms with Crippen LogP contribution in [-0.4, -0.2) is 58.3 Å². The molecule has 1 aromatic carbocycles. The largest absolute Gasteiger partial charge is 0.459 e. The van der Waals surface area contributed by atoms with Crippen molar-refractivity contribution in [1.82, 2.24) is 10.2 Å². The van der Waals surface area contributed by atoms with Gasteiger partial charge in [-0.15, -0.1) is 0 Å². The number of carbonyl (C=O) groups excluding carboxylic acids is 3. The van der Waals surface area contributed by atoms with Crippen molar-refractivity contribution in [1.29, 1.82) is 0 Å². The summed E-state index contributed by atoms with van der Waals surface area (Å²) in [6.07, 6.45) is 0.251. The molecule has 2 amide bonds. The maximum atomic E-state index is 13.2. The van der Waals surface area contributed by atoms with E-state index in [-0.39, 0.29) is 31.4 Å². The third-order valence-corrected chi connectivity index (χ3v) is 5.09. The summed E-state index contributed by atoms with van der Waals surface area (Å²) < 4.78 is 10.7. The van der Waals surface area contributed by atoms with Crippen LogP contribution in [0.25, 0.3) is 0 Å². The number of alkyl carbamates (subject to hydrolysis) is 1. The molecular formula is C22H30N2O6. The van der Waals surface area contributed by atoms with Gasteiger partial charge in [-0.25, -0.2) is 9.59 Å². The SMILES string of the molecule is CC(C)(C)OC(=O)N[C@H](C(=O)N1C[C@H](O)C[C@H]1C(=O)OCc1ccccc1)C1CC1. The van der Waals surface area contributed by atoms with E-state index in [1.165, 1.54) is 4.90 Å². The Labute approximate surface area is 176 Å². The van der Waals surface area contributed by atoms with Crippen molar-refractivity contribution in [2.75, 3.05) is 6.54 Å². The predicted octanol–water partition coefficient (Wildman–Crippen LogP) is 1.99. The molecular weight excluding hydrogens is 388 g/mol. The fraction of sp³-hybridized carbons (Fsp3) is 0.591. The highest BCUT2D eigenvalue weighted by molar-refractivity contribution is 5.90. The Morgan fingerprint density at radius 2 is 1.87 bits per heavy atom. The minimum Gasteiger partial charge on any atom is -0.459 e. The standard InChI is InChI=1S/C22H30N2O6/c1-22(2,3)30-21(28)23-18(15-9-10-15)19(26)24-12-16(25)11-17(24)20(27)29-13-14-7-5-4-6-8-14/h4-8,15-18,25H,9-13H2,1-3H3,(H,23,28)/t16-,17+,18+/m1/s1. The fourth-order valence-corrected chi connectivity index (χ4v) is 3.53. The lowest BCUT2D eigenvalue weighted by Crippen LogP contribution is -2.53. The third-order valence-electron chi connectivity index (χ3n) is 5.09. The van der Waals surface area contributed by atoms with Gasteiger partial charge in [0.25, 0.3) is 0 Å². The zero-order valence-electron chi connectivity index (χ0n) is 17.7. The summed E-state index contributed by atoms with van der Waals surface area (Å²) in [7, 11) is 0. The van der Waals surface area contributed by atoms with Crippen molar-refractivity contribution >= 4 is 18.0 Å². The van der Waals surface area contributed by atoms with Crippen molar-refractivity contribution in [3.63, 3.8) is 0 Å². The second-order valence-corrected chi connectivity index (χ2v) is 8.95. The number of benzene rings is 1. The van der Waals surface area contributed by atoms with Gasteiger partial charge in [0.15, 0.2) is 0 Å². The Kier molecular flexibility index (Phi) is 6.65. The first-order chi connectivity index (χ1) is 14.1. The number of hydrogen-bond acceptors (Lipinski definition) is 6. The van der Waals surface area contributed by atoms with Crippen LogP contribution in [0.3, 0.4) is 0 Å². The number of nitrogens with zero attached hydrogens (tertiary/aromatic N) is 1. The Balaban J connectivity index is 1.65. The molecule has 0 bridgehead atoms. The van der Waals surface area contributed by atoms with Gasteiger partial charge in [-0.2, -0.15) is 0 Å². The Morgan fingerprint density at radius 1 is 1.20 bits per heavy atom. The van der Waals surface area contributed by atoms with Crippen LogP contribution in [0.4, 0.5) is 4.79 Å². The van der Waals surface area contributed by atoms with Gasteiger partial charge in [0.2, 0.25) is 5.91 Å². The average molecular weight is 418 g/mol. The normalized spacial score (nSPS) is 22.3. The highest BCUT2D eigenvalue weighted by Crippen LogP contribution is 2.35. The smallest absolute Gasteiger partial charge is 0.408 e. The minimum atomic E-state index is -0.877. The number of amides is 2. The molecule has 1 saturated heterocycles. The zero-order chi connectivity index (χ0) is 21.9. The zero-order valence-corrected chi connectivity index (χ0v) is 17.7. The van der Waals surface area contributed by atoms with E-state index in [9.17, 15) is 19.5 Å². The molecule has 2 N–H and O–H groups in total. The van der Waals surface area contributed by atoms with E-state index in [1.807, 2.05) is 30.3 Å². The van der Waals surface area contributed by atoms with Gasteiger partial charge in [-0.05, 0) is 45.1 Å². The monoisotopic (exact) mass is 418 g/mol. The number of esters is 1. The van der Waals surface area contributed by atoms with Crippen molar-refractivity contribution < 1.29 is 29.0 Å². The van der Waals surface area contributed by atoms with Crippen molar-refractivity contribution in [3.8, 4) is 0 Å². The first-order valence-corrected chi connectivity index (χ1v) is 10.3. The van der Waals surface area contributed by atoms with Gasteiger partial charge in [0.05, 0.1) is 6.10 Å². The topological polar surface area (TPSA) is 105 Å². The second kappa shape index (κ2) is 9.04. The molecule has 1 aliphatic carbocycles. The molecule has 0 spiro atoms. The number of carbonyl (C=O) groups is 3. The first kappa shape index (κ1) is 22.1. The van der Waals surface area contributed by atoms with E-state index in [0.717, 1.165) is 18.4 Å². The van der Waals surface area contributed by atoms with Gasteiger partial charge in [0.1, 0.15) is 24.3 Å². The quantitative estimate of drug-likeness (QED) is 0.685. The van der Waals surface area contributed by atoms with E-state index in [4.69, 9.17) is 9.47 Å². The molecule has 0 radical (unpaired) electrons. The van der Waals surface area contributed by atoms with Crippen molar-refractivity contribution in [3.05, 3.63) is 35.9 Å². The van der Waals surface area contributed by atoms with Crippen molar-refractivity contribution in [2.45, 2.75) is 70.4 Å². The highest BCUT2D eigenvalue weighted by Gasteiger charge is 2.46. The summed E-state index contributed by atoms with van der Waals surface area (Å²) in [6, 6.07) is 7.59. The average Bonchev–Trinajstić information content (AvgIpc) is 3.44. The summed E-state index contributed by atoms with van der Waals surface area (Å²) in [6.45, 7) is 5.36. The van der Waals surface area contributed by atoms with Gasteiger partial charge < -0.3 is 24.8 Å². The summed E-state index contributed by atoms with van der Waals surface area (Å²) in [5, 5.41) is 12.8. The molecule has 0 aromatic heterocycles. The lowest BCUT2D eigenvalue weighted by Gasteiger charge is -2.29. The molecule has 164 valence electrons. The summed E-state index contributed by atoms with van der Waals surface area (Å²) >= 11 is 0. The van der Waals surface area contributed by atoms with Crippen LogP contribution in [0.2, 0.25) is 0 Å². The van der Waals surface area contributed by atoms with Crippen LogP contribution in [0.1, 0.15) is 45.6 Å². The van der Waals surface area contributed by atoms with E-state index in [2.05, 4.69) is 5.32 Å².